The SMILES string of the molecule is CCC1CCC(C2CCC(c3ccc(C(F)(F)F)nc3)CC2)CC1. The van der Waals surface area contributed by atoms with E-state index >= 15 is 0 Å². The number of halogens is 3. The van der Waals surface area contributed by atoms with Gasteiger partial charge in [0.05, 0.1) is 0 Å². The van der Waals surface area contributed by atoms with Gasteiger partial charge in [-0.15, -0.1) is 0 Å². The predicted molar refractivity (Wildman–Crippen MR) is 89.7 cm³/mol. The summed E-state index contributed by atoms with van der Waals surface area (Å²) in [5.74, 6) is 3.06. The first-order valence-corrected chi connectivity index (χ1v) is 9.50. The predicted octanol–water partition coefficient (Wildman–Crippen LogP) is 6.59. The number of alkyl halides is 3. The quantitative estimate of drug-likeness (QED) is 0.605. The van der Waals surface area contributed by atoms with E-state index in [2.05, 4.69) is 11.9 Å². The van der Waals surface area contributed by atoms with E-state index in [0.29, 0.717) is 5.92 Å². The zero-order chi connectivity index (χ0) is 17.2. The minimum Gasteiger partial charge on any atom is -0.251 e. The highest BCUT2D eigenvalue weighted by atomic mass is 19.4. The third kappa shape index (κ3) is 4.12. The molecule has 2 aliphatic rings. The molecule has 0 atom stereocenters. The normalized spacial score (nSPS) is 31.8. The molecule has 134 valence electrons. The molecule has 0 aliphatic heterocycles. The molecule has 0 amide bonds. The molecule has 0 bridgehead atoms. The van der Waals surface area contributed by atoms with Crippen molar-refractivity contribution in [2.45, 2.75) is 76.8 Å². The molecular weight excluding hydrogens is 311 g/mol. The Morgan fingerprint density at radius 1 is 0.917 bits per heavy atom. The Hall–Kier alpha value is -1.06. The highest BCUT2D eigenvalue weighted by Crippen LogP contribution is 2.44. The van der Waals surface area contributed by atoms with Crippen LogP contribution in [0.15, 0.2) is 18.3 Å². The van der Waals surface area contributed by atoms with Gasteiger partial charge in [-0.3, -0.25) is 4.98 Å². The molecular formula is C20H28F3N. The van der Waals surface area contributed by atoms with Gasteiger partial charge in [0.25, 0.3) is 0 Å². The van der Waals surface area contributed by atoms with Crippen LogP contribution in [0.25, 0.3) is 0 Å². The van der Waals surface area contributed by atoms with Gasteiger partial charge in [-0.1, -0.05) is 32.3 Å². The van der Waals surface area contributed by atoms with Gasteiger partial charge in [-0.25, -0.2) is 0 Å². The molecule has 2 fully saturated rings. The van der Waals surface area contributed by atoms with Crippen molar-refractivity contribution in [1.82, 2.24) is 4.98 Å². The van der Waals surface area contributed by atoms with Crippen LogP contribution in [0.1, 0.15) is 81.9 Å². The highest BCUT2D eigenvalue weighted by Gasteiger charge is 2.33. The van der Waals surface area contributed by atoms with Crippen LogP contribution in [0, 0.1) is 17.8 Å². The standard InChI is InChI=1S/C20H28F3N/c1-2-14-3-5-15(6-4-14)16-7-9-17(10-8-16)18-11-12-19(24-13-18)20(21,22)23/h11-17H,2-10H2,1H3. The number of aromatic nitrogens is 1. The molecule has 0 N–H and O–H groups in total. The van der Waals surface area contributed by atoms with Crippen LogP contribution in [-0.2, 0) is 6.18 Å². The lowest BCUT2D eigenvalue weighted by atomic mass is 9.68. The third-order valence-corrected chi connectivity index (χ3v) is 6.46. The van der Waals surface area contributed by atoms with E-state index in [0.717, 1.165) is 42.2 Å². The highest BCUT2D eigenvalue weighted by molar-refractivity contribution is 5.20. The molecule has 0 aromatic carbocycles. The minimum atomic E-state index is -4.34. The van der Waals surface area contributed by atoms with Crippen LogP contribution in [0.4, 0.5) is 13.2 Å². The fraction of sp³-hybridized carbons (Fsp3) is 0.750. The Bertz CT molecular complexity index is 507. The monoisotopic (exact) mass is 339 g/mol. The average Bonchev–Trinajstić information content (AvgIpc) is 2.61. The van der Waals surface area contributed by atoms with Crippen LogP contribution in [-0.4, -0.2) is 4.98 Å². The van der Waals surface area contributed by atoms with Gasteiger partial charge in [-0.2, -0.15) is 13.2 Å². The lowest BCUT2D eigenvalue weighted by molar-refractivity contribution is -0.141. The van der Waals surface area contributed by atoms with Crippen LogP contribution in [0.2, 0.25) is 0 Å². The van der Waals surface area contributed by atoms with E-state index in [1.807, 2.05) is 0 Å². The van der Waals surface area contributed by atoms with Crippen LogP contribution in [0.3, 0.4) is 0 Å². The van der Waals surface area contributed by atoms with Gasteiger partial charge in [0.15, 0.2) is 0 Å². The average molecular weight is 339 g/mol. The molecule has 24 heavy (non-hydrogen) atoms. The molecule has 0 radical (unpaired) electrons. The zero-order valence-electron chi connectivity index (χ0n) is 14.5. The summed E-state index contributed by atoms with van der Waals surface area (Å²) in [4.78, 5) is 3.63. The fourth-order valence-corrected chi connectivity index (χ4v) is 4.81. The molecule has 1 heterocycles. The molecule has 0 saturated heterocycles. The van der Waals surface area contributed by atoms with Crippen molar-refractivity contribution in [3.63, 3.8) is 0 Å². The van der Waals surface area contributed by atoms with Crippen molar-refractivity contribution in [3.05, 3.63) is 29.6 Å². The minimum absolute atomic E-state index is 0.392. The molecule has 3 rings (SSSR count). The first-order valence-electron chi connectivity index (χ1n) is 9.50. The zero-order valence-corrected chi connectivity index (χ0v) is 14.5. The van der Waals surface area contributed by atoms with Crippen molar-refractivity contribution >= 4 is 0 Å². The van der Waals surface area contributed by atoms with E-state index in [1.165, 1.54) is 51.1 Å². The Labute approximate surface area is 143 Å². The van der Waals surface area contributed by atoms with E-state index < -0.39 is 11.9 Å². The van der Waals surface area contributed by atoms with Gasteiger partial charge in [0, 0.05) is 6.20 Å². The maximum absolute atomic E-state index is 12.6. The summed E-state index contributed by atoms with van der Waals surface area (Å²) in [6.45, 7) is 2.30. The van der Waals surface area contributed by atoms with Gasteiger partial charge < -0.3 is 0 Å². The van der Waals surface area contributed by atoms with Crippen LogP contribution in [0.5, 0.6) is 0 Å². The maximum atomic E-state index is 12.6. The maximum Gasteiger partial charge on any atom is 0.433 e. The molecule has 2 aliphatic carbocycles. The van der Waals surface area contributed by atoms with Gasteiger partial charge in [-0.05, 0) is 73.8 Å². The molecule has 0 spiro atoms. The van der Waals surface area contributed by atoms with Crippen molar-refractivity contribution in [3.8, 4) is 0 Å². The fourth-order valence-electron chi connectivity index (χ4n) is 4.81. The lowest BCUT2D eigenvalue weighted by Gasteiger charge is -2.37. The molecule has 1 aromatic rings. The van der Waals surface area contributed by atoms with E-state index in [-0.39, 0.29) is 0 Å². The molecule has 0 unspecified atom stereocenters. The van der Waals surface area contributed by atoms with Crippen molar-refractivity contribution in [2.24, 2.45) is 17.8 Å². The van der Waals surface area contributed by atoms with E-state index in [9.17, 15) is 13.2 Å². The first-order chi connectivity index (χ1) is 11.5. The van der Waals surface area contributed by atoms with Crippen molar-refractivity contribution in [1.29, 1.82) is 0 Å². The summed E-state index contributed by atoms with van der Waals surface area (Å²) >= 11 is 0. The molecule has 4 heteroatoms. The number of hydrogen-bond acceptors (Lipinski definition) is 1. The summed E-state index contributed by atoms with van der Waals surface area (Å²) in [7, 11) is 0. The largest absolute Gasteiger partial charge is 0.433 e. The topological polar surface area (TPSA) is 12.9 Å². The number of rotatable bonds is 3. The Balaban J connectivity index is 1.52. The molecule has 1 nitrogen and oxygen atoms in total. The van der Waals surface area contributed by atoms with Crippen LogP contribution < -0.4 is 0 Å². The van der Waals surface area contributed by atoms with Crippen LogP contribution >= 0.6 is 0 Å². The summed E-state index contributed by atoms with van der Waals surface area (Å²) < 4.78 is 37.8. The van der Waals surface area contributed by atoms with Crippen molar-refractivity contribution < 1.29 is 13.2 Å². The number of nitrogens with zero attached hydrogens (tertiary/aromatic N) is 1. The van der Waals surface area contributed by atoms with Gasteiger partial charge >= 0.3 is 6.18 Å². The summed E-state index contributed by atoms with van der Waals surface area (Å²) in [6, 6.07) is 2.76. The second-order valence-electron chi connectivity index (χ2n) is 7.78. The second-order valence-corrected chi connectivity index (χ2v) is 7.78. The Morgan fingerprint density at radius 3 is 1.96 bits per heavy atom. The number of pyridine rings is 1. The van der Waals surface area contributed by atoms with E-state index in [1.54, 1.807) is 6.07 Å². The lowest BCUT2D eigenvalue weighted by Crippen LogP contribution is -2.25. The second kappa shape index (κ2) is 7.45. The van der Waals surface area contributed by atoms with Crippen molar-refractivity contribution in [2.75, 3.05) is 0 Å². The summed E-state index contributed by atoms with van der Waals surface area (Å²) in [5, 5.41) is 0. The first kappa shape index (κ1) is 17.8. The number of hydrogen-bond donors (Lipinski definition) is 0. The summed E-state index contributed by atoms with van der Waals surface area (Å²) in [6.07, 6.45) is 8.64. The van der Waals surface area contributed by atoms with Gasteiger partial charge in [0.2, 0.25) is 0 Å². The third-order valence-electron chi connectivity index (χ3n) is 6.46. The Kier molecular flexibility index (Phi) is 5.51. The van der Waals surface area contributed by atoms with Gasteiger partial charge in [0.1, 0.15) is 5.69 Å². The van der Waals surface area contributed by atoms with E-state index in [4.69, 9.17) is 0 Å². The smallest absolute Gasteiger partial charge is 0.251 e. The molecule has 1 aromatic heterocycles. The molecule has 2 saturated carbocycles. The Morgan fingerprint density at radius 2 is 1.50 bits per heavy atom. The summed E-state index contributed by atoms with van der Waals surface area (Å²) in [5.41, 5.74) is 0.198.